The quantitative estimate of drug-likeness (QED) is 0.766. The Hall–Kier alpha value is -0.690. The van der Waals surface area contributed by atoms with Crippen molar-refractivity contribution >= 4 is 29.5 Å². The average molecular weight is 330 g/mol. The predicted octanol–water partition coefficient (Wildman–Crippen LogP) is 3.42. The third-order valence-corrected chi connectivity index (χ3v) is 6.96. The van der Waals surface area contributed by atoms with Gasteiger partial charge in [0.1, 0.15) is 5.92 Å². The predicted molar refractivity (Wildman–Crippen MR) is 85.7 cm³/mol. The monoisotopic (exact) mass is 330 g/mol. The minimum absolute atomic E-state index is 0.235. The van der Waals surface area contributed by atoms with Crippen molar-refractivity contribution in [2.24, 2.45) is 0 Å². The first-order valence-corrected chi connectivity index (χ1v) is 9.33. The van der Waals surface area contributed by atoms with Crippen LogP contribution in [0.2, 0.25) is 0 Å². The molecule has 0 N–H and O–H groups in total. The van der Waals surface area contributed by atoms with Gasteiger partial charge in [0.05, 0.1) is 11.9 Å². The SMILES string of the molecule is CCOC(=O)C(CC)c1nc(C2CSC(C)C(C)S2)no1. The number of aromatic nitrogens is 2. The normalized spacial score (nSPS) is 27.3. The van der Waals surface area contributed by atoms with E-state index < -0.39 is 5.92 Å². The van der Waals surface area contributed by atoms with Crippen molar-refractivity contribution < 1.29 is 14.1 Å². The number of hydrogen-bond donors (Lipinski definition) is 0. The molecule has 0 spiro atoms. The molecule has 4 unspecified atom stereocenters. The summed E-state index contributed by atoms with van der Waals surface area (Å²) in [4.78, 5) is 16.4. The van der Waals surface area contributed by atoms with Gasteiger partial charge >= 0.3 is 5.97 Å². The van der Waals surface area contributed by atoms with Crippen molar-refractivity contribution in [2.45, 2.75) is 55.8 Å². The molecule has 1 aliphatic heterocycles. The third-order valence-electron chi connectivity index (χ3n) is 3.57. The van der Waals surface area contributed by atoms with Gasteiger partial charge in [0.2, 0.25) is 5.89 Å². The zero-order chi connectivity index (χ0) is 15.4. The van der Waals surface area contributed by atoms with Crippen LogP contribution < -0.4 is 0 Å². The molecule has 1 saturated heterocycles. The summed E-state index contributed by atoms with van der Waals surface area (Å²) >= 11 is 3.81. The van der Waals surface area contributed by atoms with Crippen LogP contribution in [-0.2, 0) is 9.53 Å². The second kappa shape index (κ2) is 7.54. The standard InChI is InChI=1S/C14H22N2O3S2/c1-5-10(14(17)18-6-2)13-15-12(16-19-13)11-7-20-8(3)9(4)21-11/h8-11H,5-7H2,1-4H3. The first-order chi connectivity index (χ1) is 10.1. The van der Waals surface area contributed by atoms with Gasteiger partial charge in [-0.2, -0.15) is 16.7 Å². The van der Waals surface area contributed by atoms with E-state index in [1.54, 1.807) is 6.92 Å². The summed E-state index contributed by atoms with van der Waals surface area (Å²) in [5.74, 6) is 1.31. The van der Waals surface area contributed by atoms with E-state index in [1.807, 2.05) is 30.4 Å². The fourth-order valence-electron chi connectivity index (χ4n) is 2.12. The molecule has 2 heterocycles. The van der Waals surface area contributed by atoms with Gasteiger partial charge in [0.25, 0.3) is 0 Å². The summed E-state index contributed by atoms with van der Waals surface area (Å²) in [5, 5.41) is 5.51. The highest BCUT2D eigenvalue weighted by Crippen LogP contribution is 2.43. The number of carbonyl (C=O) groups is 1. The van der Waals surface area contributed by atoms with E-state index in [9.17, 15) is 4.79 Å². The van der Waals surface area contributed by atoms with E-state index in [2.05, 4.69) is 24.0 Å². The molecule has 1 aromatic rings. The first kappa shape index (κ1) is 16.7. The molecule has 21 heavy (non-hydrogen) atoms. The topological polar surface area (TPSA) is 65.2 Å². The molecule has 5 nitrogen and oxygen atoms in total. The molecule has 0 radical (unpaired) electrons. The number of carbonyl (C=O) groups excluding carboxylic acids is 1. The van der Waals surface area contributed by atoms with E-state index in [1.165, 1.54) is 0 Å². The summed E-state index contributed by atoms with van der Waals surface area (Å²) in [6.45, 7) is 8.54. The van der Waals surface area contributed by atoms with Gasteiger partial charge in [-0.3, -0.25) is 4.79 Å². The van der Waals surface area contributed by atoms with E-state index in [-0.39, 0.29) is 11.2 Å². The van der Waals surface area contributed by atoms with E-state index in [0.717, 1.165) is 5.75 Å². The summed E-state index contributed by atoms with van der Waals surface area (Å²) in [7, 11) is 0. The van der Waals surface area contributed by atoms with Crippen molar-refractivity contribution in [3.8, 4) is 0 Å². The number of rotatable bonds is 5. The van der Waals surface area contributed by atoms with E-state index >= 15 is 0 Å². The Kier molecular flexibility index (Phi) is 5.98. The van der Waals surface area contributed by atoms with Crippen molar-refractivity contribution in [2.75, 3.05) is 12.4 Å². The van der Waals surface area contributed by atoms with E-state index in [4.69, 9.17) is 9.26 Å². The van der Waals surface area contributed by atoms with Crippen LogP contribution in [0.15, 0.2) is 4.52 Å². The number of nitrogens with zero attached hydrogens (tertiary/aromatic N) is 2. The van der Waals surface area contributed by atoms with Gasteiger partial charge < -0.3 is 9.26 Å². The highest BCUT2D eigenvalue weighted by atomic mass is 32.2. The van der Waals surface area contributed by atoms with Crippen LogP contribution in [-0.4, -0.2) is 39.0 Å². The molecule has 1 aliphatic rings. The molecule has 0 amide bonds. The highest BCUT2D eigenvalue weighted by molar-refractivity contribution is 8.07. The Morgan fingerprint density at radius 1 is 1.43 bits per heavy atom. The number of esters is 1. The Labute approximate surface area is 134 Å². The molecule has 0 saturated carbocycles. The summed E-state index contributed by atoms with van der Waals surface area (Å²) in [6.07, 6.45) is 0.598. The maximum Gasteiger partial charge on any atom is 0.318 e. The minimum atomic E-state index is -0.455. The molecule has 118 valence electrons. The third kappa shape index (κ3) is 3.94. The molecule has 7 heteroatoms. The smallest absolute Gasteiger partial charge is 0.318 e. The lowest BCUT2D eigenvalue weighted by Gasteiger charge is -2.29. The van der Waals surface area contributed by atoms with E-state index in [0.29, 0.717) is 35.2 Å². The molecule has 0 bridgehead atoms. The molecule has 1 aromatic heterocycles. The van der Waals surface area contributed by atoms with Crippen molar-refractivity contribution in [1.82, 2.24) is 10.1 Å². The fraction of sp³-hybridized carbons (Fsp3) is 0.786. The van der Waals surface area contributed by atoms with Gasteiger partial charge in [-0.25, -0.2) is 0 Å². The molecule has 1 fully saturated rings. The van der Waals surface area contributed by atoms with Gasteiger partial charge in [0.15, 0.2) is 5.82 Å². The van der Waals surface area contributed by atoms with Crippen LogP contribution in [0.25, 0.3) is 0 Å². The van der Waals surface area contributed by atoms with Crippen LogP contribution in [0.5, 0.6) is 0 Å². The van der Waals surface area contributed by atoms with Gasteiger partial charge in [-0.05, 0) is 13.3 Å². The zero-order valence-electron chi connectivity index (χ0n) is 12.9. The number of hydrogen-bond acceptors (Lipinski definition) is 7. The average Bonchev–Trinajstić information content (AvgIpc) is 2.92. The summed E-state index contributed by atoms with van der Waals surface area (Å²) < 4.78 is 10.4. The number of ether oxygens (including phenoxy) is 1. The largest absolute Gasteiger partial charge is 0.465 e. The highest BCUT2D eigenvalue weighted by Gasteiger charge is 2.32. The second-order valence-corrected chi connectivity index (χ2v) is 8.07. The van der Waals surface area contributed by atoms with Crippen LogP contribution >= 0.6 is 23.5 Å². The van der Waals surface area contributed by atoms with Crippen LogP contribution in [0, 0.1) is 0 Å². The van der Waals surface area contributed by atoms with Gasteiger partial charge in [-0.1, -0.05) is 25.9 Å². The van der Waals surface area contributed by atoms with Gasteiger partial charge in [0, 0.05) is 16.3 Å². The molecular weight excluding hydrogens is 308 g/mol. The minimum Gasteiger partial charge on any atom is -0.465 e. The fourth-order valence-corrected chi connectivity index (χ4v) is 4.96. The van der Waals surface area contributed by atoms with Crippen LogP contribution in [0.3, 0.4) is 0 Å². The van der Waals surface area contributed by atoms with Crippen molar-refractivity contribution in [1.29, 1.82) is 0 Å². The lowest BCUT2D eigenvalue weighted by Crippen LogP contribution is -2.22. The number of thioether (sulfide) groups is 2. The van der Waals surface area contributed by atoms with Crippen molar-refractivity contribution in [3.05, 3.63) is 11.7 Å². The maximum atomic E-state index is 11.9. The molecule has 0 aromatic carbocycles. The van der Waals surface area contributed by atoms with Gasteiger partial charge in [-0.15, -0.1) is 11.8 Å². The summed E-state index contributed by atoms with van der Waals surface area (Å²) in [5.41, 5.74) is 0. The second-order valence-electron chi connectivity index (χ2n) is 5.07. The molecule has 0 aliphatic carbocycles. The first-order valence-electron chi connectivity index (χ1n) is 7.33. The Morgan fingerprint density at radius 3 is 2.81 bits per heavy atom. The molecule has 2 rings (SSSR count). The van der Waals surface area contributed by atoms with Crippen molar-refractivity contribution in [3.63, 3.8) is 0 Å². The Bertz CT molecular complexity index is 481. The Balaban J connectivity index is 2.08. The van der Waals surface area contributed by atoms with Crippen LogP contribution in [0.4, 0.5) is 0 Å². The lowest BCUT2D eigenvalue weighted by atomic mass is 10.1. The zero-order valence-corrected chi connectivity index (χ0v) is 14.5. The molecular formula is C14H22N2O3S2. The maximum absolute atomic E-state index is 11.9. The Morgan fingerprint density at radius 2 is 2.19 bits per heavy atom. The van der Waals surface area contributed by atoms with Crippen LogP contribution in [0.1, 0.15) is 57.0 Å². The summed E-state index contributed by atoms with van der Waals surface area (Å²) in [6, 6.07) is 0. The lowest BCUT2D eigenvalue weighted by molar-refractivity contribution is -0.145. The molecule has 4 atom stereocenters.